The van der Waals surface area contributed by atoms with Crippen LogP contribution in [-0.4, -0.2) is 30.2 Å². The van der Waals surface area contributed by atoms with Crippen molar-refractivity contribution in [3.8, 4) is 0 Å². The maximum absolute atomic E-state index is 13.3. The first-order valence-corrected chi connectivity index (χ1v) is 6.03. The number of aliphatic carboxylic acids is 1. The number of carbonyl (C=O) groups is 1. The zero-order chi connectivity index (χ0) is 13.9. The molecule has 0 aromatic heterocycles. The Morgan fingerprint density at radius 2 is 2.11 bits per heavy atom. The van der Waals surface area contributed by atoms with Crippen LogP contribution >= 0.6 is 0 Å². The fraction of sp³-hybridized carbons (Fsp3) is 0.125. The molecule has 0 unspecified atom stereocenters. The van der Waals surface area contributed by atoms with E-state index in [9.17, 15) is 27.7 Å². The Morgan fingerprint density at radius 1 is 1.50 bits per heavy atom. The Hall–Kier alpha value is -2.23. The number of rotatable bonds is 5. The van der Waals surface area contributed by atoms with E-state index in [4.69, 9.17) is 5.11 Å². The molecule has 0 radical (unpaired) electrons. The van der Waals surface area contributed by atoms with Gasteiger partial charge in [0.1, 0.15) is 0 Å². The lowest BCUT2D eigenvalue weighted by molar-refractivity contribution is -0.385. The molecule has 0 aliphatic heterocycles. The number of nitrogens with zero attached hydrogens (tertiary/aromatic N) is 1. The van der Waals surface area contributed by atoms with Crippen LogP contribution in [0.25, 0.3) is 0 Å². The van der Waals surface area contributed by atoms with Crippen molar-refractivity contribution in [1.29, 1.82) is 0 Å². The van der Waals surface area contributed by atoms with Gasteiger partial charge in [-0.3, -0.25) is 19.6 Å². The van der Waals surface area contributed by atoms with E-state index in [0.717, 1.165) is 12.1 Å². The summed E-state index contributed by atoms with van der Waals surface area (Å²) < 4.78 is 37.4. The molecule has 0 amide bonds. The van der Waals surface area contributed by atoms with Crippen LogP contribution in [0.2, 0.25) is 0 Å². The number of hydrogen-bond donors (Lipinski definition) is 2. The molecule has 98 valence electrons. The van der Waals surface area contributed by atoms with Crippen LogP contribution in [0.5, 0.6) is 0 Å². The van der Waals surface area contributed by atoms with Gasteiger partial charge < -0.3 is 5.11 Å². The summed E-state index contributed by atoms with van der Waals surface area (Å²) in [7, 11) is -4.25. The fourth-order valence-electron chi connectivity index (χ4n) is 1.07. The van der Waals surface area contributed by atoms with Crippen LogP contribution in [0, 0.1) is 15.9 Å². The summed E-state index contributed by atoms with van der Waals surface area (Å²) in [6.07, 6.45) is 0. The topological polar surface area (TPSA) is 127 Å². The van der Waals surface area contributed by atoms with Crippen molar-refractivity contribution in [2.24, 2.45) is 0 Å². The maximum atomic E-state index is 13.3. The highest BCUT2D eigenvalue weighted by Crippen LogP contribution is 2.21. The maximum Gasteiger partial charge on any atom is 0.320 e. The Balaban J connectivity index is 2.99. The Bertz CT molecular complexity index is 600. The molecule has 1 aromatic carbocycles. The number of nitrogens with one attached hydrogen (secondary N) is 1. The van der Waals surface area contributed by atoms with Gasteiger partial charge in [-0.1, -0.05) is 0 Å². The first-order chi connectivity index (χ1) is 8.21. The monoisotopic (exact) mass is 278 g/mol. The number of benzene rings is 1. The van der Waals surface area contributed by atoms with E-state index in [0.29, 0.717) is 6.07 Å². The third-order valence-electron chi connectivity index (χ3n) is 1.74. The van der Waals surface area contributed by atoms with Gasteiger partial charge in [-0.05, 0) is 6.07 Å². The van der Waals surface area contributed by atoms with Crippen molar-refractivity contribution in [3.05, 3.63) is 34.1 Å². The smallest absolute Gasteiger partial charge is 0.320 e. The number of halogens is 1. The highest BCUT2D eigenvalue weighted by molar-refractivity contribution is 7.93. The minimum Gasteiger partial charge on any atom is -0.480 e. The van der Waals surface area contributed by atoms with E-state index in [2.05, 4.69) is 0 Å². The minimum atomic E-state index is -4.25. The fourth-order valence-corrected chi connectivity index (χ4v) is 1.96. The molecule has 0 fully saturated rings. The molecule has 0 aliphatic carbocycles. The average Bonchev–Trinajstić information content (AvgIpc) is 2.18. The molecule has 8 nitrogen and oxygen atoms in total. The van der Waals surface area contributed by atoms with Gasteiger partial charge in [0.05, 0.1) is 16.7 Å². The number of nitro groups is 1. The minimum absolute atomic E-state index is 0.526. The van der Waals surface area contributed by atoms with Crippen molar-refractivity contribution in [1.82, 2.24) is 0 Å². The lowest BCUT2D eigenvalue weighted by atomic mass is 10.3. The summed E-state index contributed by atoms with van der Waals surface area (Å²) in [6.45, 7) is 0. The number of carboxylic acid groups (broad SMARTS) is 1. The molecular formula is C8H7FN2O6S. The molecule has 0 spiro atoms. The SMILES string of the molecule is O=C(O)CS(=O)(=O)Nc1ccc([N+](=O)[O-])cc1F. The summed E-state index contributed by atoms with van der Waals surface area (Å²) in [5.41, 5.74) is -1.10. The number of anilines is 1. The summed E-state index contributed by atoms with van der Waals surface area (Å²) in [4.78, 5) is 19.7. The first-order valence-electron chi connectivity index (χ1n) is 4.37. The van der Waals surface area contributed by atoms with Gasteiger partial charge in [-0.25, -0.2) is 12.8 Å². The molecule has 0 aliphatic rings. The number of sulfonamides is 1. The quantitative estimate of drug-likeness (QED) is 0.598. The van der Waals surface area contributed by atoms with Gasteiger partial charge in [-0.2, -0.15) is 0 Å². The normalized spacial score (nSPS) is 10.9. The van der Waals surface area contributed by atoms with Crippen molar-refractivity contribution in [2.75, 3.05) is 10.5 Å². The second-order valence-corrected chi connectivity index (χ2v) is 4.90. The number of non-ortho nitro benzene ring substituents is 1. The average molecular weight is 278 g/mol. The zero-order valence-corrected chi connectivity index (χ0v) is 9.48. The molecule has 0 heterocycles. The largest absolute Gasteiger partial charge is 0.480 e. The summed E-state index contributed by atoms with van der Waals surface area (Å²) in [5, 5.41) is 18.6. The van der Waals surface area contributed by atoms with Crippen LogP contribution in [0.15, 0.2) is 18.2 Å². The summed E-state index contributed by atoms with van der Waals surface area (Å²) in [6, 6.07) is 2.26. The Labute approximate surface area is 100 Å². The summed E-state index contributed by atoms with van der Waals surface area (Å²) in [5.74, 6) is -4.01. The first kappa shape index (κ1) is 13.8. The van der Waals surface area contributed by atoms with Gasteiger partial charge in [-0.15, -0.1) is 0 Å². The van der Waals surface area contributed by atoms with Gasteiger partial charge in [0.25, 0.3) is 5.69 Å². The van der Waals surface area contributed by atoms with Gasteiger partial charge in [0.15, 0.2) is 11.6 Å². The predicted molar refractivity (Wildman–Crippen MR) is 58.1 cm³/mol. The van der Waals surface area contributed by atoms with E-state index in [1.54, 1.807) is 4.72 Å². The van der Waals surface area contributed by atoms with Crippen molar-refractivity contribution in [3.63, 3.8) is 0 Å². The lowest BCUT2D eigenvalue weighted by Gasteiger charge is -2.06. The molecule has 1 rings (SSSR count). The van der Waals surface area contributed by atoms with E-state index >= 15 is 0 Å². The highest BCUT2D eigenvalue weighted by atomic mass is 32.2. The molecule has 0 saturated carbocycles. The number of nitro benzene ring substituents is 1. The lowest BCUT2D eigenvalue weighted by Crippen LogP contribution is -2.22. The summed E-state index contributed by atoms with van der Waals surface area (Å²) >= 11 is 0. The van der Waals surface area contributed by atoms with Gasteiger partial charge in [0, 0.05) is 6.07 Å². The van der Waals surface area contributed by atoms with E-state index in [1.807, 2.05) is 0 Å². The molecule has 2 N–H and O–H groups in total. The molecule has 1 aromatic rings. The highest BCUT2D eigenvalue weighted by Gasteiger charge is 2.18. The van der Waals surface area contributed by atoms with Crippen LogP contribution in [0.1, 0.15) is 0 Å². The molecule has 10 heteroatoms. The Kier molecular flexibility index (Phi) is 3.81. The third-order valence-corrected chi connectivity index (χ3v) is 2.90. The number of hydrogen-bond acceptors (Lipinski definition) is 5. The van der Waals surface area contributed by atoms with E-state index < -0.39 is 43.9 Å². The van der Waals surface area contributed by atoms with Crippen molar-refractivity contribution < 1.29 is 27.6 Å². The second-order valence-electron chi connectivity index (χ2n) is 3.18. The number of carboxylic acids is 1. The van der Waals surface area contributed by atoms with Crippen LogP contribution < -0.4 is 4.72 Å². The van der Waals surface area contributed by atoms with E-state index in [1.165, 1.54) is 0 Å². The third kappa shape index (κ3) is 3.66. The van der Waals surface area contributed by atoms with Crippen LogP contribution in [0.4, 0.5) is 15.8 Å². The van der Waals surface area contributed by atoms with Gasteiger partial charge >= 0.3 is 5.97 Å². The van der Waals surface area contributed by atoms with Crippen LogP contribution in [0.3, 0.4) is 0 Å². The standard InChI is InChI=1S/C8H7FN2O6S/c9-6-3-5(11(14)15)1-2-7(6)10-18(16,17)4-8(12)13/h1-3,10H,4H2,(H,12,13). The van der Waals surface area contributed by atoms with Crippen molar-refractivity contribution in [2.45, 2.75) is 0 Å². The van der Waals surface area contributed by atoms with Gasteiger partial charge in [0.2, 0.25) is 10.0 Å². The molecular weight excluding hydrogens is 271 g/mol. The Morgan fingerprint density at radius 3 is 2.56 bits per heavy atom. The second kappa shape index (κ2) is 4.96. The van der Waals surface area contributed by atoms with Crippen LogP contribution in [-0.2, 0) is 14.8 Å². The molecule has 0 saturated heterocycles. The van der Waals surface area contributed by atoms with E-state index in [-0.39, 0.29) is 0 Å². The van der Waals surface area contributed by atoms with Crippen molar-refractivity contribution >= 4 is 27.4 Å². The predicted octanol–water partition coefficient (Wildman–Crippen LogP) is 0.560. The molecule has 0 atom stereocenters. The zero-order valence-electron chi connectivity index (χ0n) is 8.66. The molecule has 0 bridgehead atoms. The molecule has 18 heavy (non-hydrogen) atoms.